The van der Waals surface area contributed by atoms with Crippen molar-refractivity contribution in [3.8, 4) is 11.3 Å². The zero-order valence-corrected chi connectivity index (χ0v) is 9.96. The van der Waals surface area contributed by atoms with Crippen LogP contribution in [0.3, 0.4) is 0 Å². The van der Waals surface area contributed by atoms with Gasteiger partial charge in [-0.2, -0.15) is 0 Å². The number of carbonyl (C=O) groups is 1. The third kappa shape index (κ3) is 2.32. The molecule has 0 aliphatic heterocycles. The molecule has 1 N–H and O–H groups in total. The summed E-state index contributed by atoms with van der Waals surface area (Å²) in [6.07, 6.45) is -0.248. The van der Waals surface area contributed by atoms with Crippen LogP contribution in [0.2, 0.25) is 0 Å². The maximum atomic E-state index is 12.0. The Bertz CT molecular complexity index is 629. The van der Waals surface area contributed by atoms with Gasteiger partial charge in [0.25, 0.3) is 5.56 Å². The van der Waals surface area contributed by atoms with Gasteiger partial charge in [-0.3, -0.25) is 9.59 Å². The summed E-state index contributed by atoms with van der Waals surface area (Å²) in [7, 11) is 1.65. The number of benzene rings is 1. The lowest BCUT2D eigenvalue weighted by atomic mass is 10.1. The first-order chi connectivity index (χ1) is 8.59. The van der Waals surface area contributed by atoms with Crippen molar-refractivity contribution in [3.05, 3.63) is 58.4 Å². The fourth-order valence-electron chi connectivity index (χ4n) is 1.88. The molecular weight excluding hydrogens is 230 g/mol. The highest BCUT2D eigenvalue weighted by atomic mass is 16.4. The summed E-state index contributed by atoms with van der Waals surface area (Å²) in [5.74, 6) is -1.00. The van der Waals surface area contributed by atoms with E-state index in [1.54, 1.807) is 19.2 Å². The molecule has 4 heteroatoms. The number of aliphatic carboxylic acids is 1. The molecule has 0 spiro atoms. The van der Waals surface area contributed by atoms with E-state index in [1.165, 1.54) is 4.57 Å². The third-order valence-electron chi connectivity index (χ3n) is 2.79. The molecule has 0 aliphatic rings. The van der Waals surface area contributed by atoms with Gasteiger partial charge in [-0.1, -0.05) is 36.4 Å². The molecule has 0 aliphatic carbocycles. The Labute approximate surface area is 104 Å². The molecular formula is C14H13NO3. The molecule has 1 heterocycles. The molecule has 0 saturated carbocycles. The number of rotatable bonds is 3. The minimum atomic E-state index is -1.00. The lowest BCUT2D eigenvalue weighted by Gasteiger charge is -2.09. The first kappa shape index (κ1) is 12.1. The van der Waals surface area contributed by atoms with Gasteiger partial charge in [0.1, 0.15) is 0 Å². The minimum absolute atomic E-state index is 0.248. The Balaban J connectivity index is 2.51. The second-order valence-corrected chi connectivity index (χ2v) is 4.04. The van der Waals surface area contributed by atoms with Crippen LogP contribution in [0, 0.1) is 0 Å². The third-order valence-corrected chi connectivity index (χ3v) is 2.79. The number of carboxylic acid groups (broad SMARTS) is 1. The summed E-state index contributed by atoms with van der Waals surface area (Å²) in [5.41, 5.74) is 1.73. The predicted molar refractivity (Wildman–Crippen MR) is 68.5 cm³/mol. The van der Waals surface area contributed by atoms with Crippen molar-refractivity contribution in [1.29, 1.82) is 0 Å². The van der Waals surface area contributed by atoms with Crippen molar-refractivity contribution in [2.75, 3.05) is 0 Å². The first-order valence-electron chi connectivity index (χ1n) is 5.55. The maximum Gasteiger partial charge on any atom is 0.308 e. The van der Waals surface area contributed by atoms with E-state index in [2.05, 4.69) is 0 Å². The Morgan fingerprint density at radius 2 is 1.83 bits per heavy atom. The summed E-state index contributed by atoms with van der Waals surface area (Å²) in [6.45, 7) is 0. The minimum Gasteiger partial charge on any atom is -0.481 e. The summed E-state index contributed by atoms with van der Waals surface area (Å²) < 4.78 is 1.48. The summed E-state index contributed by atoms with van der Waals surface area (Å²) in [4.78, 5) is 22.6. The van der Waals surface area contributed by atoms with E-state index in [0.29, 0.717) is 5.56 Å². The van der Waals surface area contributed by atoms with Crippen molar-refractivity contribution in [2.24, 2.45) is 7.05 Å². The monoisotopic (exact) mass is 243 g/mol. The van der Waals surface area contributed by atoms with Crippen LogP contribution >= 0.6 is 0 Å². The molecule has 0 amide bonds. The van der Waals surface area contributed by atoms with E-state index in [4.69, 9.17) is 5.11 Å². The van der Waals surface area contributed by atoms with Crippen LogP contribution in [0.5, 0.6) is 0 Å². The second-order valence-electron chi connectivity index (χ2n) is 4.04. The zero-order valence-electron chi connectivity index (χ0n) is 9.96. The van der Waals surface area contributed by atoms with Gasteiger partial charge in [-0.25, -0.2) is 0 Å². The largest absolute Gasteiger partial charge is 0.481 e. The van der Waals surface area contributed by atoms with Crippen LogP contribution < -0.4 is 5.56 Å². The highest BCUT2D eigenvalue weighted by Gasteiger charge is 2.09. The lowest BCUT2D eigenvalue weighted by molar-refractivity contribution is -0.136. The van der Waals surface area contributed by atoms with E-state index in [1.807, 2.05) is 30.3 Å². The van der Waals surface area contributed by atoms with E-state index in [0.717, 1.165) is 11.3 Å². The van der Waals surface area contributed by atoms with Gasteiger partial charge >= 0.3 is 5.97 Å². The Hall–Kier alpha value is -2.36. The quantitative estimate of drug-likeness (QED) is 0.892. The molecule has 2 aromatic rings. The van der Waals surface area contributed by atoms with Crippen LogP contribution in [-0.2, 0) is 18.3 Å². The molecule has 0 fully saturated rings. The van der Waals surface area contributed by atoms with Gasteiger partial charge in [0, 0.05) is 12.6 Å². The maximum absolute atomic E-state index is 12.0. The van der Waals surface area contributed by atoms with Crippen molar-refractivity contribution >= 4 is 5.97 Å². The summed E-state index contributed by atoms with van der Waals surface area (Å²) in [6, 6.07) is 12.9. The van der Waals surface area contributed by atoms with Gasteiger partial charge in [-0.15, -0.1) is 0 Å². The van der Waals surface area contributed by atoms with Gasteiger partial charge in [0.05, 0.1) is 12.1 Å². The smallest absolute Gasteiger partial charge is 0.308 e. The Kier molecular flexibility index (Phi) is 3.28. The molecule has 1 aromatic heterocycles. The van der Waals surface area contributed by atoms with Crippen LogP contribution in [0.1, 0.15) is 5.56 Å². The van der Waals surface area contributed by atoms with E-state index in [-0.39, 0.29) is 12.0 Å². The van der Waals surface area contributed by atoms with Crippen LogP contribution in [0.25, 0.3) is 11.3 Å². The summed E-state index contributed by atoms with van der Waals surface area (Å²) in [5, 5.41) is 8.72. The summed E-state index contributed by atoms with van der Waals surface area (Å²) >= 11 is 0. The van der Waals surface area contributed by atoms with Gasteiger partial charge < -0.3 is 9.67 Å². The van der Waals surface area contributed by atoms with Crippen LogP contribution in [-0.4, -0.2) is 15.6 Å². The normalized spacial score (nSPS) is 10.3. The zero-order chi connectivity index (χ0) is 13.1. The molecule has 1 aromatic carbocycles. The lowest BCUT2D eigenvalue weighted by Crippen LogP contribution is -2.23. The average molecular weight is 243 g/mol. The first-order valence-corrected chi connectivity index (χ1v) is 5.55. The molecule has 0 bridgehead atoms. The fourth-order valence-corrected chi connectivity index (χ4v) is 1.88. The number of nitrogens with zero attached hydrogens (tertiary/aromatic N) is 1. The molecule has 18 heavy (non-hydrogen) atoms. The molecule has 0 atom stereocenters. The fraction of sp³-hybridized carbons (Fsp3) is 0.143. The number of hydrogen-bond donors (Lipinski definition) is 1. The van der Waals surface area contributed by atoms with Crippen molar-refractivity contribution in [2.45, 2.75) is 6.42 Å². The highest BCUT2D eigenvalue weighted by Crippen LogP contribution is 2.16. The van der Waals surface area contributed by atoms with Gasteiger partial charge in [-0.05, 0) is 11.6 Å². The molecule has 2 rings (SSSR count). The number of pyridine rings is 1. The SMILES string of the molecule is Cn1c(-c2ccccc2)ccc(CC(=O)O)c1=O. The molecule has 0 radical (unpaired) electrons. The van der Waals surface area contributed by atoms with E-state index in [9.17, 15) is 9.59 Å². The van der Waals surface area contributed by atoms with Crippen LogP contribution in [0.4, 0.5) is 0 Å². The van der Waals surface area contributed by atoms with Crippen molar-refractivity contribution in [3.63, 3.8) is 0 Å². The number of carboxylic acids is 1. The van der Waals surface area contributed by atoms with Crippen molar-refractivity contribution in [1.82, 2.24) is 4.57 Å². The standard InChI is InChI=1S/C14H13NO3/c1-15-12(10-5-3-2-4-6-10)8-7-11(14(15)18)9-13(16)17/h2-8H,9H2,1H3,(H,16,17). The molecule has 0 unspecified atom stereocenters. The topological polar surface area (TPSA) is 59.3 Å². The average Bonchev–Trinajstić information content (AvgIpc) is 2.36. The second kappa shape index (κ2) is 4.87. The van der Waals surface area contributed by atoms with Gasteiger partial charge in [0.2, 0.25) is 0 Å². The predicted octanol–water partition coefficient (Wildman–Crippen LogP) is 1.68. The van der Waals surface area contributed by atoms with Gasteiger partial charge in [0.15, 0.2) is 0 Å². The number of aromatic nitrogens is 1. The highest BCUT2D eigenvalue weighted by molar-refractivity contribution is 5.70. The Morgan fingerprint density at radius 1 is 1.17 bits per heavy atom. The van der Waals surface area contributed by atoms with Crippen LogP contribution in [0.15, 0.2) is 47.3 Å². The van der Waals surface area contributed by atoms with E-state index >= 15 is 0 Å². The van der Waals surface area contributed by atoms with Crippen molar-refractivity contribution < 1.29 is 9.90 Å². The molecule has 4 nitrogen and oxygen atoms in total. The molecule has 92 valence electrons. The number of hydrogen-bond acceptors (Lipinski definition) is 2. The van der Waals surface area contributed by atoms with E-state index < -0.39 is 5.97 Å². The Morgan fingerprint density at radius 3 is 2.44 bits per heavy atom. The molecule has 0 saturated heterocycles.